The Labute approximate surface area is 98.7 Å². The molecule has 6 heteroatoms. The van der Waals surface area contributed by atoms with Gasteiger partial charge < -0.3 is 16.2 Å². The van der Waals surface area contributed by atoms with Gasteiger partial charge in [0, 0.05) is 11.4 Å². The van der Waals surface area contributed by atoms with Crippen LogP contribution in [0.15, 0.2) is 5.38 Å². The molecule has 90 valence electrons. The van der Waals surface area contributed by atoms with Gasteiger partial charge in [0.1, 0.15) is 6.04 Å². The smallest absolute Gasteiger partial charge is 0.326 e. The van der Waals surface area contributed by atoms with Crippen LogP contribution in [0.2, 0.25) is 0 Å². The molecule has 1 aromatic heterocycles. The van der Waals surface area contributed by atoms with Gasteiger partial charge in [-0.05, 0) is 12.8 Å². The second kappa shape index (κ2) is 5.81. The number of carbonyl (C=O) groups is 1. The third kappa shape index (κ3) is 3.18. The van der Waals surface area contributed by atoms with Gasteiger partial charge in [-0.2, -0.15) is 0 Å². The van der Waals surface area contributed by atoms with E-state index in [-0.39, 0.29) is 0 Å². The number of anilines is 1. The van der Waals surface area contributed by atoms with Crippen molar-refractivity contribution >= 4 is 22.4 Å². The van der Waals surface area contributed by atoms with E-state index in [0.29, 0.717) is 11.7 Å². The summed E-state index contributed by atoms with van der Waals surface area (Å²) >= 11 is 1.39. The van der Waals surface area contributed by atoms with Gasteiger partial charge in [-0.25, -0.2) is 4.98 Å². The predicted molar refractivity (Wildman–Crippen MR) is 64.7 cm³/mol. The van der Waals surface area contributed by atoms with Crippen LogP contribution in [0.1, 0.15) is 38.4 Å². The number of hydrogen-bond donors (Lipinski definition) is 3. The highest BCUT2D eigenvalue weighted by Crippen LogP contribution is 2.21. The van der Waals surface area contributed by atoms with Crippen molar-refractivity contribution in [2.45, 2.75) is 38.8 Å². The van der Waals surface area contributed by atoms with E-state index in [1.807, 2.05) is 0 Å². The fourth-order valence-corrected chi connectivity index (χ4v) is 2.11. The lowest BCUT2D eigenvalue weighted by molar-refractivity contribution is -0.138. The van der Waals surface area contributed by atoms with Crippen LogP contribution in [0.5, 0.6) is 0 Å². The summed E-state index contributed by atoms with van der Waals surface area (Å²) in [5.74, 6) is -1.06. The molecule has 0 amide bonds. The van der Waals surface area contributed by atoms with E-state index in [4.69, 9.17) is 10.8 Å². The molecule has 16 heavy (non-hydrogen) atoms. The van der Waals surface area contributed by atoms with Crippen molar-refractivity contribution in [3.05, 3.63) is 11.1 Å². The fourth-order valence-electron chi connectivity index (χ4n) is 1.29. The number of aromatic nitrogens is 1. The van der Waals surface area contributed by atoms with E-state index in [1.54, 1.807) is 5.38 Å². The van der Waals surface area contributed by atoms with Gasteiger partial charge in [0.15, 0.2) is 5.13 Å². The van der Waals surface area contributed by atoms with E-state index >= 15 is 0 Å². The highest BCUT2D eigenvalue weighted by molar-refractivity contribution is 7.13. The molecule has 0 saturated carbocycles. The van der Waals surface area contributed by atoms with Crippen molar-refractivity contribution in [2.24, 2.45) is 5.73 Å². The normalized spacial score (nSPS) is 12.8. The summed E-state index contributed by atoms with van der Waals surface area (Å²) in [6.07, 6.45) is 2.02. The maximum Gasteiger partial charge on any atom is 0.326 e. The first-order valence-corrected chi connectivity index (χ1v) is 6.16. The van der Waals surface area contributed by atoms with E-state index < -0.39 is 12.0 Å². The Bertz CT molecular complexity index is 350. The molecule has 0 aromatic carbocycles. The van der Waals surface area contributed by atoms with Crippen LogP contribution in [0.3, 0.4) is 0 Å². The van der Waals surface area contributed by atoms with Crippen LogP contribution in [-0.4, -0.2) is 22.1 Å². The molecule has 0 aliphatic carbocycles. The van der Waals surface area contributed by atoms with Crippen molar-refractivity contribution in [2.75, 3.05) is 5.32 Å². The lowest BCUT2D eigenvalue weighted by Gasteiger charge is -2.13. The molecule has 1 heterocycles. The topological polar surface area (TPSA) is 88.2 Å². The maximum absolute atomic E-state index is 10.7. The minimum Gasteiger partial charge on any atom is -0.480 e. The van der Waals surface area contributed by atoms with E-state index in [9.17, 15) is 4.79 Å². The quantitative estimate of drug-likeness (QED) is 0.709. The van der Waals surface area contributed by atoms with Crippen LogP contribution < -0.4 is 11.1 Å². The highest BCUT2D eigenvalue weighted by Gasteiger charge is 2.18. The molecule has 0 fully saturated rings. The third-order valence-corrected chi connectivity index (χ3v) is 3.21. The molecule has 1 unspecified atom stereocenters. The molecule has 0 aliphatic heterocycles. The zero-order valence-electron chi connectivity index (χ0n) is 9.43. The second-order valence-electron chi connectivity index (χ2n) is 3.55. The van der Waals surface area contributed by atoms with Gasteiger partial charge in [-0.15, -0.1) is 11.3 Å². The molecule has 1 rings (SSSR count). The SMILES string of the molecule is CCC(CC)Nc1nc(C(N)C(=O)O)cs1. The molecule has 0 spiro atoms. The third-order valence-electron chi connectivity index (χ3n) is 2.42. The van der Waals surface area contributed by atoms with Gasteiger partial charge in [0.25, 0.3) is 0 Å². The Hall–Kier alpha value is -1.14. The number of nitrogens with one attached hydrogen (secondary N) is 1. The van der Waals surface area contributed by atoms with Crippen LogP contribution in [0.4, 0.5) is 5.13 Å². The minimum absolute atomic E-state index is 0.375. The Morgan fingerprint density at radius 3 is 2.75 bits per heavy atom. The van der Waals surface area contributed by atoms with Crippen molar-refractivity contribution in [3.63, 3.8) is 0 Å². The Balaban J connectivity index is 2.67. The first kappa shape index (κ1) is 12.9. The minimum atomic E-state index is -1.06. The summed E-state index contributed by atoms with van der Waals surface area (Å²) in [6, 6.07) is -0.659. The van der Waals surface area contributed by atoms with Crippen molar-refractivity contribution < 1.29 is 9.90 Å². The zero-order valence-corrected chi connectivity index (χ0v) is 10.3. The van der Waals surface area contributed by atoms with E-state index in [2.05, 4.69) is 24.1 Å². The predicted octanol–water partition coefficient (Wildman–Crippen LogP) is 1.83. The van der Waals surface area contributed by atoms with Gasteiger partial charge in [-0.3, -0.25) is 4.79 Å². The summed E-state index contributed by atoms with van der Waals surface area (Å²) in [5, 5.41) is 14.4. The zero-order chi connectivity index (χ0) is 12.1. The molecule has 0 radical (unpaired) electrons. The highest BCUT2D eigenvalue weighted by atomic mass is 32.1. The summed E-state index contributed by atoms with van der Waals surface area (Å²) in [4.78, 5) is 14.8. The number of hydrogen-bond acceptors (Lipinski definition) is 5. The number of carboxylic acid groups (broad SMARTS) is 1. The fraction of sp³-hybridized carbons (Fsp3) is 0.600. The second-order valence-corrected chi connectivity index (χ2v) is 4.41. The molecule has 4 N–H and O–H groups in total. The van der Waals surface area contributed by atoms with Crippen molar-refractivity contribution in [1.29, 1.82) is 0 Å². The van der Waals surface area contributed by atoms with Crippen molar-refractivity contribution in [3.8, 4) is 0 Å². The molecule has 1 aromatic rings. The Morgan fingerprint density at radius 1 is 1.62 bits per heavy atom. The number of carboxylic acids is 1. The molecule has 5 nitrogen and oxygen atoms in total. The molecule has 0 saturated heterocycles. The lowest BCUT2D eigenvalue weighted by Crippen LogP contribution is -2.21. The number of nitrogens with zero attached hydrogens (tertiary/aromatic N) is 1. The van der Waals surface area contributed by atoms with E-state index in [0.717, 1.165) is 18.0 Å². The average molecular weight is 243 g/mol. The van der Waals surface area contributed by atoms with Crippen LogP contribution in [-0.2, 0) is 4.79 Å². The first-order valence-electron chi connectivity index (χ1n) is 5.28. The van der Waals surface area contributed by atoms with Gasteiger partial charge in [0.05, 0.1) is 5.69 Å². The molecular weight excluding hydrogens is 226 g/mol. The van der Waals surface area contributed by atoms with Crippen molar-refractivity contribution in [1.82, 2.24) is 4.98 Å². The average Bonchev–Trinajstić information content (AvgIpc) is 2.73. The lowest BCUT2D eigenvalue weighted by atomic mass is 10.2. The van der Waals surface area contributed by atoms with Gasteiger partial charge in [-0.1, -0.05) is 13.8 Å². The maximum atomic E-state index is 10.7. The first-order chi connectivity index (χ1) is 7.58. The van der Waals surface area contributed by atoms with Gasteiger partial charge in [0.2, 0.25) is 0 Å². The van der Waals surface area contributed by atoms with E-state index in [1.165, 1.54) is 11.3 Å². The number of nitrogens with two attached hydrogens (primary N) is 1. The number of thiazole rings is 1. The summed E-state index contributed by atoms with van der Waals surface area (Å²) < 4.78 is 0. The summed E-state index contributed by atoms with van der Waals surface area (Å²) in [7, 11) is 0. The summed E-state index contributed by atoms with van der Waals surface area (Å²) in [6.45, 7) is 4.19. The Kier molecular flexibility index (Phi) is 4.70. The monoisotopic (exact) mass is 243 g/mol. The Morgan fingerprint density at radius 2 is 2.25 bits per heavy atom. The van der Waals surface area contributed by atoms with Gasteiger partial charge >= 0.3 is 5.97 Å². The molecular formula is C10H17N3O2S. The van der Waals surface area contributed by atoms with Crippen LogP contribution in [0.25, 0.3) is 0 Å². The largest absolute Gasteiger partial charge is 0.480 e. The van der Waals surface area contributed by atoms with Crippen LogP contribution >= 0.6 is 11.3 Å². The molecule has 1 atom stereocenters. The molecule has 0 aliphatic rings. The number of aliphatic carboxylic acids is 1. The number of rotatable bonds is 6. The van der Waals surface area contributed by atoms with Crippen LogP contribution in [0, 0.1) is 0 Å². The standard InChI is InChI=1S/C10H17N3O2S/c1-3-6(4-2)12-10-13-7(5-16-10)8(11)9(14)15/h5-6,8H,3-4,11H2,1-2H3,(H,12,13)(H,14,15). The molecule has 0 bridgehead atoms. The summed E-state index contributed by atoms with van der Waals surface area (Å²) in [5.41, 5.74) is 5.87.